The fourth-order valence-corrected chi connectivity index (χ4v) is 4.62. The van der Waals surface area contributed by atoms with Gasteiger partial charge in [-0.25, -0.2) is 12.7 Å². The molecule has 0 atom stereocenters. The molecule has 1 amide bonds. The molecule has 0 aliphatic carbocycles. The molecule has 1 aliphatic rings. The van der Waals surface area contributed by atoms with Crippen molar-refractivity contribution < 1.29 is 17.9 Å². The van der Waals surface area contributed by atoms with Crippen molar-refractivity contribution in [1.82, 2.24) is 9.62 Å². The predicted octanol–water partition coefficient (Wildman–Crippen LogP) is 2.30. The van der Waals surface area contributed by atoms with E-state index in [-0.39, 0.29) is 11.7 Å². The molecule has 1 saturated heterocycles. The van der Waals surface area contributed by atoms with E-state index in [0.717, 1.165) is 30.6 Å². The van der Waals surface area contributed by atoms with Gasteiger partial charge in [0, 0.05) is 31.6 Å². The second kappa shape index (κ2) is 9.77. The number of unbranched alkanes of at least 4 members (excludes halogenated alkanes) is 1. The van der Waals surface area contributed by atoms with E-state index in [1.54, 1.807) is 11.4 Å². The van der Waals surface area contributed by atoms with Crippen molar-refractivity contribution in [3.63, 3.8) is 0 Å². The molecule has 1 heterocycles. The topological polar surface area (TPSA) is 75.7 Å². The highest BCUT2D eigenvalue weighted by molar-refractivity contribution is 7.89. The van der Waals surface area contributed by atoms with Gasteiger partial charge in [-0.1, -0.05) is 24.6 Å². The summed E-state index contributed by atoms with van der Waals surface area (Å²) in [5, 5.41) is 2.86. The number of rotatable bonds is 9. The van der Waals surface area contributed by atoms with Gasteiger partial charge in [0.25, 0.3) is 0 Å². The lowest BCUT2D eigenvalue weighted by Crippen LogP contribution is -2.37. The Labute approximate surface area is 150 Å². The summed E-state index contributed by atoms with van der Waals surface area (Å²) in [5.74, 6) is 0.809. The molecule has 0 spiro atoms. The summed E-state index contributed by atoms with van der Waals surface area (Å²) in [5.41, 5.74) is 0.922. The van der Waals surface area contributed by atoms with Crippen LogP contribution in [0.5, 0.6) is 5.75 Å². The molecule has 1 aromatic rings. The van der Waals surface area contributed by atoms with Gasteiger partial charge in [-0.3, -0.25) is 4.79 Å². The Balaban J connectivity index is 1.66. The molecule has 0 saturated carbocycles. The van der Waals surface area contributed by atoms with Crippen molar-refractivity contribution >= 4 is 15.9 Å². The average Bonchev–Trinajstić information content (AvgIpc) is 2.64. The summed E-state index contributed by atoms with van der Waals surface area (Å²) < 4.78 is 31.3. The standard InChI is InChI=1S/C18H28N2O4S/c1-24-17-10-4-3-9-16(17)15-19-18(21)11-5-8-14-25(22,23)20-12-6-2-7-13-20/h3-4,9-10H,2,5-8,11-15H2,1H3,(H,19,21). The molecule has 6 nitrogen and oxygen atoms in total. The zero-order valence-electron chi connectivity index (χ0n) is 14.9. The maximum absolute atomic E-state index is 12.2. The van der Waals surface area contributed by atoms with Crippen LogP contribution in [0.2, 0.25) is 0 Å². The van der Waals surface area contributed by atoms with E-state index in [0.29, 0.717) is 38.9 Å². The summed E-state index contributed by atoms with van der Waals surface area (Å²) in [4.78, 5) is 11.9. The lowest BCUT2D eigenvalue weighted by atomic mass is 10.2. The summed E-state index contributed by atoms with van der Waals surface area (Å²) in [6, 6.07) is 7.54. The fourth-order valence-electron chi connectivity index (χ4n) is 2.97. The number of methoxy groups -OCH3 is 1. The van der Waals surface area contributed by atoms with E-state index < -0.39 is 10.0 Å². The highest BCUT2D eigenvalue weighted by Crippen LogP contribution is 2.17. The zero-order chi connectivity index (χ0) is 18.1. The summed E-state index contributed by atoms with van der Waals surface area (Å²) >= 11 is 0. The van der Waals surface area contributed by atoms with Crippen LogP contribution in [0.3, 0.4) is 0 Å². The van der Waals surface area contributed by atoms with Crippen molar-refractivity contribution in [1.29, 1.82) is 0 Å². The molecule has 7 heteroatoms. The highest BCUT2D eigenvalue weighted by Gasteiger charge is 2.23. The first-order chi connectivity index (χ1) is 12.0. The van der Waals surface area contributed by atoms with Gasteiger partial charge in [0.15, 0.2) is 0 Å². The quantitative estimate of drug-likeness (QED) is 0.679. The first-order valence-corrected chi connectivity index (χ1v) is 10.5. The van der Waals surface area contributed by atoms with Crippen molar-refractivity contribution in [3.8, 4) is 5.75 Å². The Morgan fingerprint density at radius 2 is 1.88 bits per heavy atom. The number of nitrogens with one attached hydrogen (secondary N) is 1. The minimum atomic E-state index is -3.16. The first-order valence-electron chi connectivity index (χ1n) is 8.89. The van der Waals surface area contributed by atoms with Gasteiger partial charge in [0.1, 0.15) is 5.75 Å². The third-order valence-electron chi connectivity index (χ3n) is 4.43. The number of amides is 1. The van der Waals surface area contributed by atoms with E-state index in [4.69, 9.17) is 4.74 Å². The second-order valence-electron chi connectivity index (χ2n) is 6.32. The van der Waals surface area contributed by atoms with Crippen LogP contribution in [-0.2, 0) is 21.4 Å². The molecule has 2 rings (SSSR count). The van der Waals surface area contributed by atoms with Gasteiger partial charge >= 0.3 is 0 Å². The van der Waals surface area contributed by atoms with Crippen LogP contribution < -0.4 is 10.1 Å². The number of piperidine rings is 1. The van der Waals surface area contributed by atoms with Crippen molar-refractivity contribution in [2.75, 3.05) is 26.0 Å². The van der Waals surface area contributed by atoms with Gasteiger partial charge in [-0.15, -0.1) is 0 Å². The summed E-state index contributed by atoms with van der Waals surface area (Å²) in [6.07, 6.45) is 4.43. The molecule has 0 radical (unpaired) electrons. The van der Waals surface area contributed by atoms with E-state index >= 15 is 0 Å². The smallest absolute Gasteiger partial charge is 0.220 e. The Bertz CT molecular complexity index is 655. The normalized spacial score (nSPS) is 15.7. The SMILES string of the molecule is COc1ccccc1CNC(=O)CCCCS(=O)(=O)N1CCCCC1. The highest BCUT2D eigenvalue weighted by atomic mass is 32.2. The third-order valence-corrected chi connectivity index (χ3v) is 6.39. The zero-order valence-corrected chi connectivity index (χ0v) is 15.7. The number of nitrogens with zero attached hydrogens (tertiary/aromatic N) is 1. The van der Waals surface area contributed by atoms with Crippen molar-refractivity contribution in [2.45, 2.75) is 45.1 Å². The lowest BCUT2D eigenvalue weighted by Gasteiger charge is -2.25. The number of ether oxygens (including phenoxy) is 1. The van der Waals surface area contributed by atoms with Gasteiger partial charge < -0.3 is 10.1 Å². The Morgan fingerprint density at radius 3 is 2.60 bits per heavy atom. The molecule has 1 aromatic carbocycles. The third kappa shape index (κ3) is 6.32. The fraction of sp³-hybridized carbons (Fsp3) is 0.611. The van der Waals surface area contributed by atoms with Gasteiger partial charge in [0.2, 0.25) is 15.9 Å². The lowest BCUT2D eigenvalue weighted by molar-refractivity contribution is -0.121. The molecule has 1 N–H and O–H groups in total. The average molecular weight is 368 g/mol. The monoisotopic (exact) mass is 368 g/mol. The molecule has 25 heavy (non-hydrogen) atoms. The number of sulfonamides is 1. The number of hydrogen-bond acceptors (Lipinski definition) is 4. The molecule has 0 aromatic heterocycles. The maximum atomic E-state index is 12.2. The number of para-hydroxylation sites is 1. The molecule has 140 valence electrons. The number of carbonyl (C=O) groups is 1. The van der Waals surface area contributed by atoms with Gasteiger partial charge in [-0.05, 0) is 31.7 Å². The van der Waals surface area contributed by atoms with Crippen LogP contribution in [0.25, 0.3) is 0 Å². The molecule has 1 fully saturated rings. The van der Waals surface area contributed by atoms with Crippen molar-refractivity contribution in [2.24, 2.45) is 0 Å². The Morgan fingerprint density at radius 1 is 1.16 bits per heavy atom. The molecule has 1 aliphatic heterocycles. The molecular weight excluding hydrogens is 340 g/mol. The Kier molecular flexibility index (Phi) is 7.71. The van der Waals surface area contributed by atoms with E-state index in [9.17, 15) is 13.2 Å². The maximum Gasteiger partial charge on any atom is 0.220 e. The first kappa shape index (κ1) is 19.7. The van der Waals surface area contributed by atoms with E-state index in [2.05, 4.69) is 5.32 Å². The van der Waals surface area contributed by atoms with Gasteiger partial charge in [-0.2, -0.15) is 0 Å². The van der Waals surface area contributed by atoms with Crippen LogP contribution >= 0.6 is 0 Å². The molecule has 0 bridgehead atoms. The van der Waals surface area contributed by atoms with Crippen LogP contribution in [0.4, 0.5) is 0 Å². The minimum absolute atomic E-state index is 0.0683. The van der Waals surface area contributed by atoms with Crippen molar-refractivity contribution in [3.05, 3.63) is 29.8 Å². The number of carbonyl (C=O) groups excluding carboxylic acids is 1. The summed E-state index contributed by atoms with van der Waals surface area (Å²) in [7, 11) is -1.56. The van der Waals surface area contributed by atoms with Crippen LogP contribution in [0.1, 0.15) is 44.1 Å². The number of hydrogen-bond donors (Lipinski definition) is 1. The largest absolute Gasteiger partial charge is 0.496 e. The van der Waals surface area contributed by atoms with Gasteiger partial charge in [0.05, 0.1) is 12.9 Å². The van der Waals surface area contributed by atoms with Crippen LogP contribution in [0.15, 0.2) is 24.3 Å². The minimum Gasteiger partial charge on any atom is -0.496 e. The molecule has 0 unspecified atom stereocenters. The predicted molar refractivity (Wildman–Crippen MR) is 97.9 cm³/mol. The molecular formula is C18H28N2O4S. The van der Waals surface area contributed by atoms with Crippen LogP contribution in [-0.4, -0.2) is 44.6 Å². The van der Waals surface area contributed by atoms with Crippen LogP contribution in [0, 0.1) is 0 Å². The second-order valence-corrected chi connectivity index (χ2v) is 8.41. The summed E-state index contributed by atoms with van der Waals surface area (Å²) in [6.45, 7) is 1.69. The number of benzene rings is 1. The van der Waals surface area contributed by atoms with E-state index in [1.807, 2.05) is 24.3 Å². The Hall–Kier alpha value is -1.60. The van der Waals surface area contributed by atoms with E-state index in [1.165, 1.54) is 0 Å².